The van der Waals surface area contributed by atoms with Gasteiger partial charge in [-0.05, 0) is 81.2 Å². The lowest BCUT2D eigenvalue weighted by Gasteiger charge is -2.17. The minimum absolute atomic E-state index is 0.853. The van der Waals surface area contributed by atoms with Crippen LogP contribution in [0, 0.1) is 0 Å². The Morgan fingerprint density at radius 1 is 0.388 bits per heavy atom. The lowest BCUT2D eigenvalue weighted by atomic mass is 9.85. The molecule has 0 aliphatic rings. The monoisotopic (exact) mass is 625 g/mol. The van der Waals surface area contributed by atoms with Gasteiger partial charge in [-0.1, -0.05) is 109 Å². The van der Waals surface area contributed by atoms with E-state index in [0.29, 0.717) is 0 Å². The van der Waals surface area contributed by atoms with Crippen LogP contribution in [0.15, 0.2) is 173 Å². The number of fused-ring (bicyclic) bond motifs is 10. The molecule has 11 aromatic rings. The Morgan fingerprint density at radius 3 is 1.73 bits per heavy atom. The zero-order chi connectivity index (χ0) is 32.1. The number of hydrogen-bond donors (Lipinski definition) is 0. The third kappa shape index (κ3) is 3.67. The summed E-state index contributed by atoms with van der Waals surface area (Å²) in [7, 11) is 0. The van der Waals surface area contributed by atoms with Crippen LogP contribution < -0.4 is 0 Å². The molecule has 0 amide bonds. The van der Waals surface area contributed by atoms with Gasteiger partial charge in [0.15, 0.2) is 0 Å². The van der Waals surface area contributed by atoms with E-state index in [2.05, 4.69) is 138 Å². The lowest BCUT2D eigenvalue weighted by Crippen LogP contribution is -1.93. The first kappa shape index (κ1) is 26.5. The number of benzene rings is 8. The van der Waals surface area contributed by atoms with E-state index in [9.17, 15) is 0 Å². The van der Waals surface area contributed by atoms with E-state index in [0.717, 1.165) is 44.2 Å². The Kier molecular flexibility index (Phi) is 5.38. The zero-order valence-electron chi connectivity index (χ0n) is 26.4. The summed E-state index contributed by atoms with van der Waals surface area (Å²) >= 11 is 0. The van der Waals surface area contributed by atoms with Crippen LogP contribution in [0.4, 0.5) is 0 Å². The smallest absolute Gasteiger partial charge is 0.136 e. The van der Waals surface area contributed by atoms with Crippen molar-refractivity contribution >= 4 is 76.3 Å². The number of furan rings is 2. The summed E-state index contributed by atoms with van der Waals surface area (Å²) in [6.45, 7) is 0. The van der Waals surface area contributed by atoms with Crippen molar-refractivity contribution in [3.8, 4) is 27.9 Å². The normalized spacial score (nSPS) is 12.1. The second-order valence-corrected chi connectivity index (χ2v) is 12.8. The molecule has 11 rings (SSSR count). The fraction of sp³-hybridized carbons (Fsp3) is 0. The van der Waals surface area contributed by atoms with Crippen LogP contribution in [0.1, 0.15) is 0 Å². The third-order valence-corrected chi connectivity index (χ3v) is 10.3. The minimum Gasteiger partial charge on any atom is -0.464 e. The van der Waals surface area contributed by atoms with Crippen LogP contribution in [-0.4, -0.2) is 4.57 Å². The maximum absolute atomic E-state index is 6.33. The van der Waals surface area contributed by atoms with Gasteiger partial charge in [-0.25, -0.2) is 0 Å². The van der Waals surface area contributed by atoms with Gasteiger partial charge in [0, 0.05) is 43.7 Å². The lowest BCUT2D eigenvalue weighted by molar-refractivity contribution is 0.616. The van der Waals surface area contributed by atoms with Gasteiger partial charge in [-0.3, -0.25) is 0 Å². The maximum atomic E-state index is 6.33. The number of rotatable bonds is 3. The van der Waals surface area contributed by atoms with Crippen LogP contribution in [0.5, 0.6) is 0 Å². The quantitative estimate of drug-likeness (QED) is 0.183. The largest absolute Gasteiger partial charge is 0.464 e. The first-order chi connectivity index (χ1) is 24.3. The van der Waals surface area contributed by atoms with Crippen LogP contribution in [-0.2, 0) is 0 Å². The fourth-order valence-corrected chi connectivity index (χ4v) is 8.24. The second kappa shape index (κ2) is 9.96. The summed E-state index contributed by atoms with van der Waals surface area (Å²) in [5, 5.41) is 10.6. The molecule has 3 heterocycles. The Hall–Kier alpha value is -6.58. The molecule has 3 nitrogen and oxygen atoms in total. The zero-order valence-corrected chi connectivity index (χ0v) is 26.4. The molecule has 49 heavy (non-hydrogen) atoms. The molecule has 0 bridgehead atoms. The Labute approximate surface area is 280 Å². The van der Waals surface area contributed by atoms with Crippen molar-refractivity contribution in [1.29, 1.82) is 0 Å². The Balaban J connectivity index is 1.24. The molecule has 0 unspecified atom stereocenters. The summed E-state index contributed by atoms with van der Waals surface area (Å²) in [6, 6.07) is 56.3. The van der Waals surface area contributed by atoms with E-state index < -0.39 is 0 Å². The van der Waals surface area contributed by atoms with E-state index in [1.807, 2.05) is 30.5 Å². The van der Waals surface area contributed by atoms with E-state index >= 15 is 0 Å². The van der Waals surface area contributed by atoms with Crippen molar-refractivity contribution in [2.24, 2.45) is 0 Å². The molecular formula is C46H27NO2. The van der Waals surface area contributed by atoms with Gasteiger partial charge in [0.1, 0.15) is 16.7 Å². The van der Waals surface area contributed by atoms with Crippen LogP contribution >= 0.6 is 0 Å². The molecule has 0 N–H and O–H groups in total. The highest BCUT2D eigenvalue weighted by molar-refractivity contribution is 6.28. The number of para-hydroxylation sites is 3. The molecule has 3 heteroatoms. The first-order valence-electron chi connectivity index (χ1n) is 16.7. The number of hydrogen-bond acceptors (Lipinski definition) is 2. The molecule has 0 atom stereocenters. The SMILES string of the molecule is c1ccc(-n2c3ccccc3c3cc(-c4c5ccccc5c(-c5coc6ccc7oc8ccccc8c7c56)c5ccccc45)ccc32)cc1. The average molecular weight is 626 g/mol. The molecule has 3 aromatic heterocycles. The highest BCUT2D eigenvalue weighted by atomic mass is 16.3. The molecule has 0 radical (unpaired) electrons. The summed E-state index contributed by atoms with van der Waals surface area (Å²) in [4.78, 5) is 0. The van der Waals surface area contributed by atoms with Gasteiger partial charge in [-0.2, -0.15) is 0 Å². The first-order valence-corrected chi connectivity index (χ1v) is 16.7. The van der Waals surface area contributed by atoms with Gasteiger partial charge >= 0.3 is 0 Å². The average Bonchev–Trinajstić information content (AvgIpc) is 3.85. The van der Waals surface area contributed by atoms with Crippen LogP contribution in [0.2, 0.25) is 0 Å². The molecule has 0 fully saturated rings. The van der Waals surface area contributed by atoms with Gasteiger partial charge < -0.3 is 13.4 Å². The third-order valence-electron chi connectivity index (χ3n) is 10.3. The van der Waals surface area contributed by atoms with Crippen molar-refractivity contribution in [3.63, 3.8) is 0 Å². The molecule has 0 aliphatic carbocycles. The van der Waals surface area contributed by atoms with Crippen molar-refractivity contribution in [2.75, 3.05) is 0 Å². The molecule has 228 valence electrons. The predicted molar refractivity (Wildman–Crippen MR) is 204 cm³/mol. The topological polar surface area (TPSA) is 31.2 Å². The van der Waals surface area contributed by atoms with Gasteiger partial charge in [-0.15, -0.1) is 0 Å². The molecular weight excluding hydrogens is 599 g/mol. The van der Waals surface area contributed by atoms with Crippen molar-refractivity contribution < 1.29 is 8.83 Å². The minimum atomic E-state index is 0.853. The van der Waals surface area contributed by atoms with E-state index in [1.54, 1.807) is 0 Å². The van der Waals surface area contributed by atoms with Crippen molar-refractivity contribution in [2.45, 2.75) is 0 Å². The highest BCUT2D eigenvalue weighted by Gasteiger charge is 2.23. The second-order valence-electron chi connectivity index (χ2n) is 12.8. The molecule has 0 spiro atoms. The van der Waals surface area contributed by atoms with Crippen LogP contribution in [0.25, 0.3) is 104 Å². The van der Waals surface area contributed by atoms with Gasteiger partial charge in [0.2, 0.25) is 0 Å². The summed E-state index contributed by atoms with van der Waals surface area (Å²) in [6.07, 6.45) is 1.93. The molecule has 0 saturated heterocycles. The molecule has 0 aliphatic heterocycles. The molecule has 0 saturated carbocycles. The van der Waals surface area contributed by atoms with Crippen molar-refractivity contribution in [3.05, 3.63) is 164 Å². The summed E-state index contributed by atoms with van der Waals surface area (Å²) in [5.74, 6) is 0. The fourth-order valence-electron chi connectivity index (χ4n) is 8.24. The van der Waals surface area contributed by atoms with Crippen molar-refractivity contribution in [1.82, 2.24) is 4.57 Å². The van der Waals surface area contributed by atoms with Gasteiger partial charge in [0.25, 0.3) is 0 Å². The highest BCUT2D eigenvalue weighted by Crippen LogP contribution is 2.48. The Morgan fingerprint density at radius 2 is 0.980 bits per heavy atom. The number of nitrogens with zero attached hydrogens (tertiary/aromatic N) is 1. The predicted octanol–water partition coefficient (Wildman–Crippen LogP) is 13.1. The standard InChI is InChI=1S/C46H27NO2/c1-2-12-29(13-3-1)47-38-20-10-8-14-30(38)36-26-28(22-23-39(36)47)43-31-15-4-6-17-33(31)44(34-18-7-5-16-32(34)43)37-27-48-41-24-25-42-45(46(37)41)35-19-9-11-21-40(35)49-42/h1-27H. The van der Waals surface area contributed by atoms with E-state index in [-0.39, 0.29) is 0 Å². The maximum Gasteiger partial charge on any atom is 0.136 e. The summed E-state index contributed by atoms with van der Waals surface area (Å²) in [5.41, 5.74) is 10.8. The number of aromatic nitrogens is 1. The van der Waals surface area contributed by atoms with E-state index in [4.69, 9.17) is 8.83 Å². The summed E-state index contributed by atoms with van der Waals surface area (Å²) < 4.78 is 15.0. The molecule has 8 aromatic carbocycles. The van der Waals surface area contributed by atoms with E-state index in [1.165, 1.54) is 60.0 Å². The van der Waals surface area contributed by atoms with Gasteiger partial charge in [0.05, 0.1) is 17.3 Å². The Bertz CT molecular complexity index is 3050. The van der Waals surface area contributed by atoms with Crippen LogP contribution in [0.3, 0.4) is 0 Å².